The van der Waals surface area contributed by atoms with Crippen molar-refractivity contribution in [2.45, 2.75) is 19.4 Å². The molecule has 0 aliphatic carbocycles. The zero-order chi connectivity index (χ0) is 15.0. The highest BCUT2D eigenvalue weighted by Gasteiger charge is 2.47. The van der Waals surface area contributed by atoms with Crippen LogP contribution in [-0.2, 0) is 11.3 Å². The molecule has 2 aromatic rings. The third kappa shape index (κ3) is 2.55. The number of pyridine rings is 1. The normalized spacial score (nSPS) is 25.5. The molecule has 2 fully saturated rings. The van der Waals surface area contributed by atoms with Gasteiger partial charge >= 0.3 is 0 Å². The maximum absolute atomic E-state index is 12.4. The van der Waals surface area contributed by atoms with Crippen molar-refractivity contribution in [2.75, 3.05) is 24.5 Å². The van der Waals surface area contributed by atoms with Crippen LogP contribution in [0.25, 0.3) is 0 Å². The maximum atomic E-state index is 12.4. The molecule has 2 aromatic heterocycles. The van der Waals surface area contributed by atoms with Crippen LogP contribution in [0.1, 0.15) is 18.4 Å². The highest BCUT2D eigenvalue weighted by atomic mass is 32.1. The smallest absolute Gasteiger partial charge is 0.228 e. The quantitative estimate of drug-likeness (QED) is 0.874. The van der Waals surface area contributed by atoms with Crippen LogP contribution in [-0.4, -0.2) is 35.4 Å². The molecule has 0 N–H and O–H groups in total. The minimum absolute atomic E-state index is 0.116. The molecule has 22 heavy (non-hydrogen) atoms. The Hall–Kier alpha value is -1.72. The second-order valence-corrected chi connectivity index (χ2v) is 7.22. The Bertz CT molecular complexity index is 658. The van der Waals surface area contributed by atoms with Gasteiger partial charge < -0.3 is 0 Å². The molecule has 2 saturated heterocycles. The van der Waals surface area contributed by atoms with E-state index in [9.17, 15) is 4.79 Å². The van der Waals surface area contributed by atoms with Crippen LogP contribution in [0, 0.1) is 5.41 Å². The summed E-state index contributed by atoms with van der Waals surface area (Å²) in [5.41, 5.74) is 1.50. The average Bonchev–Trinajstić information content (AvgIpc) is 3.23. The van der Waals surface area contributed by atoms with E-state index in [1.54, 1.807) is 17.5 Å². The number of anilines is 1. The summed E-state index contributed by atoms with van der Waals surface area (Å²) in [7, 11) is 0. The number of rotatable bonds is 3. The first-order chi connectivity index (χ1) is 10.7. The molecule has 4 nitrogen and oxygen atoms in total. The molecular weight excluding hydrogens is 294 g/mol. The van der Waals surface area contributed by atoms with Crippen LogP contribution < -0.4 is 4.90 Å². The minimum Gasteiger partial charge on any atom is -0.298 e. The van der Waals surface area contributed by atoms with E-state index in [0.717, 1.165) is 38.4 Å². The van der Waals surface area contributed by atoms with Gasteiger partial charge in [0.05, 0.1) is 0 Å². The molecule has 0 bridgehead atoms. The molecule has 0 aromatic carbocycles. The molecule has 4 rings (SSSR count). The van der Waals surface area contributed by atoms with E-state index in [1.807, 2.05) is 23.1 Å². The number of aromatic nitrogens is 1. The Kier molecular flexibility index (Phi) is 3.47. The molecular formula is C17H19N3OS. The Morgan fingerprint density at radius 1 is 1.27 bits per heavy atom. The lowest BCUT2D eigenvalue weighted by Gasteiger charge is -2.23. The fourth-order valence-electron chi connectivity index (χ4n) is 3.69. The Balaban J connectivity index is 1.46. The van der Waals surface area contributed by atoms with Crippen LogP contribution in [0.4, 0.5) is 5.82 Å². The summed E-state index contributed by atoms with van der Waals surface area (Å²) in [4.78, 5) is 21.1. The molecule has 0 radical (unpaired) electrons. The van der Waals surface area contributed by atoms with E-state index in [0.29, 0.717) is 6.42 Å². The first kappa shape index (κ1) is 13.9. The van der Waals surface area contributed by atoms with Gasteiger partial charge in [-0.05, 0) is 47.5 Å². The van der Waals surface area contributed by atoms with Gasteiger partial charge in [-0.2, -0.15) is 11.3 Å². The highest BCUT2D eigenvalue weighted by molar-refractivity contribution is 7.07. The van der Waals surface area contributed by atoms with Crippen molar-refractivity contribution in [3.05, 3.63) is 46.8 Å². The molecule has 1 atom stereocenters. The van der Waals surface area contributed by atoms with E-state index < -0.39 is 0 Å². The number of nitrogens with zero attached hydrogens (tertiary/aromatic N) is 3. The van der Waals surface area contributed by atoms with E-state index in [-0.39, 0.29) is 11.3 Å². The van der Waals surface area contributed by atoms with E-state index >= 15 is 0 Å². The summed E-state index contributed by atoms with van der Waals surface area (Å²) in [5, 5.41) is 4.34. The number of likely N-dealkylation sites (tertiary alicyclic amines) is 1. The monoisotopic (exact) mass is 313 g/mol. The van der Waals surface area contributed by atoms with Crippen molar-refractivity contribution in [3.8, 4) is 0 Å². The van der Waals surface area contributed by atoms with Gasteiger partial charge in [0.1, 0.15) is 5.82 Å². The van der Waals surface area contributed by atoms with Gasteiger partial charge in [0.2, 0.25) is 5.91 Å². The molecule has 0 saturated carbocycles. The van der Waals surface area contributed by atoms with Crippen LogP contribution >= 0.6 is 11.3 Å². The number of hydrogen-bond acceptors (Lipinski definition) is 4. The summed E-state index contributed by atoms with van der Waals surface area (Å²) in [6.45, 7) is 3.91. The molecule has 114 valence electrons. The Morgan fingerprint density at radius 2 is 2.23 bits per heavy atom. The topological polar surface area (TPSA) is 36.4 Å². The van der Waals surface area contributed by atoms with Crippen molar-refractivity contribution in [1.82, 2.24) is 9.88 Å². The van der Waals surface area contributed by atoms with Gasteiger partial charge in [0, 0.05) is 37.7 Å². The third-order valence-corrected chi connectivity index (χ3v) is 5.48. The predicted molar refractivity (Wildman–Crippen MR) is 87.9 cm³/mol. The average molecular weight is 313 g/mol. The van der Waals surface area contributed by atoms with Gasteiger partial charge in [-0.3, -0.25) is 14.6 Å². The number of hydrogen-bond donors (Lipinski definition) is 0. The van der Waals surface area contributed by atoms with Crippen molar-refractivity contribution in [2.24, 2.45) is 5.41 Å². The van der Waals surface area contributed by atoms with E-state index in [4.69, 9.17) is 0 Å². The molecule has 2 aliphatic rings. The highest BCUT2D eigenvalue weighted by Crippen LogP contribution is 2.41. The molecule has 1 spiro atoms. The zero-order valence-corrected chi connectivity index (χ0v) is 13.3. The number of thiophene rings is 1. The molecule has 1 unspecified atom stereocenters. The Labute approximate surface area is 134 Å². The summed E-state index contributed by atoms with van der Waals surface area (Å²) in [5.74, 6) is 1.01. The standard InChI is InChI=1S/C17H19N3OS/c21-16-9-17(13-20(16)15-3-1-2-6-18-15)5-7-19(12-17)10-14-4-8-22-11-14/h1-4,6,8,11H,5,7,9-10,12-13H2. The third-order valence-electron chi connectivity index (χ3n) is 4.75. The molecule has 4 heterocycles. The van der Waals surface area contributed by atoms with Crippen molar-refractivity contribution >= 4 is 23.1 Å². The largest absolute Gasteiger partial charge is 0.298 e. The number of carbonyl (C=O) groups is 1. The van der Waals surface area contributed by atoms with Gasteiger partial charge in [-0.15, -0.1) is 0 Å². The van der Waals surface area contributed by atoms with Gasteiger partial charge in [0.25, 0.3) is 0 Å². The van der Waals surface area contributed by atoms with Crippen LogP contribution in [0.2, 0.25) is 0 Å². The van der Waals surface area contributed by atoms with Crippen molar-refractivity contribution in [1.29, 1.82) is 0 Å². The van der Waals surface area contributed by atoms with Crippen molar-refractivity contribution < 1.29 is 4.79 Å². The summed E-state index contributed by atoms with van der Waals surface area (Å²) >= 11 is 1.75. The van der Waals surface area contributed by atoms with E-state index in [1.165, 1.54) is 5.56 Å². The fourth-order valence-corrected chi connectivity index (χ4v) is 4.35. The lowest BCUT2D eigenvalue weighted by molar-refractivity contribution is -0.117. The fraction of sp³-hybridized carbons (Fsp3) is 0.412. The summed E-state index contributed by atoms with van der Waals surface area (Å²) in [6, 6.07) is 7.95. The molecule has 1 amide bonds. The first-order valence-corrected chi connectivity index (χ1v) is 8.63. The second kappa shape index (κ2) is 5.48. The maximum Gasteiger partial charge on any atom is 0.228 e. The van der Waals surface area contributed by atoms with Crippen LogP contribution in [0.3, 0.4) is 0 Å². The number of carbonyl (C=O) groups excluding carboxylic acids is 1. The van der Waals surface area contributed by atoms with Gasteiger partial charge in [-0.25, -0.2) is 4.98 Å². The van der Waals surface area contributed by atoms with E-state index in [2.05, 4.69) is 26.7 Å². The second-order valence-electron chi connectivity index (χ2n) is 6.44. The Morgan fingerprint density at radius 3 is 3.00 bits per heavy atom. The van der Waals surface area contributed by atoms with Crippen LogP contribution in [0.15, 0.2) is 41.2 Å². The number of amides is 1. The van der Waals surface area contributed by atoms with Crippen LogP contribution in [0.5, 0.6) is 0 Å². The predicted octanol–water partition coefficient (Wildman–Crippen LogP) is 2.77. The van der Waals surface area contributed by atoms with Gasteiger partial charge in [0.15, 0.2) is 0 Å². The zero-order valence-electron chi connectivity index (χ0n) is 12.4. The molecule has 2 aliphatic heterocycles. The lowest BCUT2D eigenvalue weighted by Crippen LogP contribution is -2.31. The lowest BCUT2D eigenvalue weighted by atomic mass is 9.86. The SMILES string of the molecule is O=C1CC2(CCN(Cc3ccsc3)C2)CN1c1ccccn1. The summed E-state index contributed by atoms with van der Waals surface area (Å²) < 4.78 is 0. The minimum atomic E-state index is 0.116. The summed E-state index contributed by atoms with van der Waals surface area (Å²) in [6.07, 6.45) is 3.51. The van der Waals surface area contributed by atoms with Gasteiger partial charge in [-0.1, -0.05) is 6.07 Å². The van der Waals surface area contributed by atoms with Crippen molar-refractivity contribution in [3.63, 3.8) is 0 Å². The molecule has 5 heteroatoms. The first-order valence-electron chi connectivity index (χ1n) is 7.69.